The summed E-state index contributed by atoms with van der Waals surface area (Å²) in [5, 5.41) is 13.4. The molecule has 0 aliphatic rings. The van der Waals surface area contributed by atoms with Gasteiger partial charge in [-0.1, -0.05) is 42.5 Å². The Hall–Kier alpha value is -3.43. The van der Waals surface area contributed by atoms with Crippen LogP contribution in [-0.4, -0.2) is 45.7 Å². The minimum atomic E-state index is -4.25. The summed E-state index contributed by atoms with van der Waals surface area (Å²) >= 11 is 0. The molecule has 3 aromatic carbocycles. The predicted octanol–water partition coefficient (Wildman–Crippen LogP) is 3.11. The number of hydrogen-bond acceptors (Lipinski definition) is 5. The standard InChI is InChI=1S/C22H22N2O6S/c1-30-14-6-13-23-21(25)17-9-4-5-10-19(17)31(28,29)24-18-12-11-15-7-2-3-8-16(15)20(18)22(26)27/h2-5,7-12,24H,6,13-14H2,1H3,(H,23,25)(H,26,27). The molecule has 0 saturated heterocycles. The van der Waals surface area contributed by atoms with E-state index in [0.29, 0.717) is 30.3 Å². The van der Waals surface area contributed by atoms with Gasteiger partial charge in [-0.15, -0.1) is 0 Å². The molecule has 31 heavy (non-hydrogen) atoms. The number of hydrogen-bond donors (Lipinski definition) is 3. The fourth-order valence-electron chi connectivity index (χ4n) is 3.19. The van der Waals surface area contributed by atoms with E-state index in [4.69, 9.17) is 4.74 Å². The Morgan fingerprint density at radius 1 is 1.00 bits per heavy atom. The number of methoxy groups -OCH3 is 1. The third-order valence-electron chi connectivity index (χ3n) is 4.62. The maximum absolute atomic E-state index is 13.1. The third kappa shape index (κ3) is 5.01. The number of carboxylic acid groups (broad SMARTS) is 1. The third-order valence-corrected chi connectivity index (χ3v) is 6.04. The van der Waals surface area contributed by atoms with E-state index in [1.165, 1.54) is 24.3 Å². The van der Waals surface area contributed by atoms with Crippen LogP contribution in [-0.2, 0) is 14.8 Å². The topological polar surface area (TPSA) is 122 Å². The number of carboxylic acids is 1. The highest BCUT2D eigenvalue weighted by Crippen LogP contribution is 2.29. The number of carbonyl (C=O) groups excluding carboxylic acids is 1. The average Bonchev–Trinajstić information content (AvgIpc) is 2.76. The van der Waals surface area contributed by atoms with E-state index in [9.17, 15) is 23.1 Å². The molecule has 0 spiro atoms. The molecular weight excluding hydrogens is 420 g/mol. The fourth-order valence-corrected chi connectivity index (χ4v) is 4.47. The molecule has 0 fully saturated rings. The monoisotopic (exact) mass is 442 g/mol. The van der Waals surface area contributed by atoms with Crippen LogP contribution < -0.4 is 10.0 Å². The molecule has 0 aliphatic carbocycles. The van der Waals surface area contributed by atoms with Crippen LogP contribution in [0, 0.1) is 0 Å². The summed E-state index contributed by atoms with van der Waals surface area (Å²) < 4.78 is 33.5. The SMILES string of the molecule is COCCCNC(=O)c1ccccc1S(=O)(=O)Nc1ccc2ccccc2c1C(=O)O. The molecule has 0 atom stereocenters. The average molecular weight is 442 g/mol. The number of nitrogens with one attached hydrogen (secondary N) is 2. The van der Waals surface area contributed by atoms with Gasteiger partial charge in [-0.25, -0.2) is 13.2 Å². The quantitative estimate of drug-likeness (QED) is 0.438. The van der Waals surface area contributed by atoms with Crippen LogP contribution in [0.25, 0.3) is 10.8 Å². The lowest BCUT2D eigenvalue weighted by molar-refractivity contribution is 0.0700. The molecule has 1 amide bonds. The molecule has 3 rings (SSSR count). The van der Waals surface area contributed by atoms with Crippen molar-refractivity contribution in [3.05, 3.63) is 71.8 Å². The van der Waals surface area contributed by atoms with Crippen molar-refractivity contribution < 1.29 is 27.9 Å². The van der Waals surface area contributed by atoms with Gasteiger partial charge in [-0.2, -0.15) is 0 Å². The van der Waals surface area contributed by atoms with Gasteiger partial charge in [-0.3, -0.25) is 9.52 Å². The minimum Gasteiger partial charge on any atom is -0.478 e. The predicted molar refractivity (Wildman–Crippen MR) is 117 cm³/mol. The normalized spacial score (nSPS) is 11.3. The Labute approximate surface area is 179 Å². The van der Waals surface area contributed by atoms with Crippen LogP contribution in [0.1, 0.15) is 27.1 Å². The minimum absolute atomic E-state index is 0.0370. The van der Waals surface area contributed by atoms with E-state index >= 15 is 0 Å². The lowest BCUT2D eigenvalue weighted by Crippen LogP contribution is -2.28. The number of benzene rings is 3. The molecule has 0 saturated carbocycles. The van der Waals surface area contributed by atoms with E-state index in [2.05, 4.69) is 10.0 Å². The first kappa shape index (κ1) is 22.3. The van der Waals surface area contributed by atoms with Gasteiger partial charge >= 0.3 is 5.97 Å². The van der Waals surface area contributed by atoms with Crippen molar-refractivity contribution in [1.29, 1.82) is 0 Å². The Kier molecular flexibility index (Phi) is 6.88. The first-order valence-electron chi connectivity index (χ1n) is 9.49. The van der Waals surface area contributed by atoms with E-state index in [0.717, 1.165) is 0 Å². The highest BCUT2D eigenvalue weighted by molar-refractivity contribution is 7.92. The molecule has 0 radical (unpaired) electrons. The van der Waals surface area contributed by atoms with Gasteiger partial charge in [0.25, 0.3) is 15.9 Å². The van der Waals surface area contributed by atoms with Crippen molar-refractivity contribution in [2.24, 2.45) is 0 Å². The zero-order chi connectivity index (χ0) is 22.4. The maximum Gasteiger partial charge on any atom is 0.338 e. The van der Waals surface area contributed by atoms with Crippen LogP contribution in [0.4, 0.5) is 5.69 Å². The van der Waals surface area contributed by atoms with E-state index in [-0.39, 0.29) is 21.7 Å². The van der Waals surface area contributed by atoms with Crippen LogP contribution in [0.3, 0.4) is 0 Å². The van der Waals surface area contributed by atoms with Gasteiger partial charge in [0, 0.05) is 20.3 Å². The number of ether oxygens (including phenoxy) is 1. The van der Waals surface area contributed by atoms with Gasteiger partial charge in [-0.05, 0) is 35.4 Å². The van der Waals surface area contributed by atoms with Gasteiger partial charge in [0.1, 0.15) is 4.90 Å². The molecule has 8 nitrogen and oxygen atoms in total. The smallest absolute Gasteiger partial charge is 0.338 e. The largest absolute Gasteiger partial charge is 0.478 e. The zero-order valence-corrected chi connectivity index (χ0v) is 17.6. The van der Waals surface area contributed by atoms with Crippen molar-refractivity contribution in [3.8, 4) is 0 Å². The molecule has 0 aromatic heterocycles. The molecule has 9 heteroatoms. The molecule has 3 N–H and O–H groups in total. The van der Waals surface area contributed by atoms with Crippen LogP contribution >= 0.6 is 0 Å². The molecule has 162 valence electrons. The molecule has 0 aliphatic heterocycles. The molecule has 0 unspecified atom stereocenters. The second-order valence-electron chi connectivity index (χ2n) is 6.72. The van der Waals surface area contributed by atoms with Crippen LogP contribution in [0.5, 0.6) is 0 Å². The zero-order valence-electron chi connectivity index (χ0n) is 16.8. The second-order valence-corrected chi connectivity index (χ2v) is 8.37. The molecule has 0 bridgehead atoms. The fraction of sp³-hybridized carbons (Fsp3) is 0.182. The van der Waals surface area contributed by atoms with Crippen LogP contribution in [0.15, 0.2) is 65.6 Å². The Morgan fingerprint density at radius 2 is 1.71 bits per heavy atom. The summed E-state index contributed by atoms with van der Waals surface area (Å²) in [7, 11) is -2.70. The van der Waals surface area contributed by atoms with Gasteiger partial charge < -0.3 is 15.2 Å². The summed E-state index contributed by atoms with van der Waals surface area (Å²) in [6, 6.07) is 15.6. The number of amides is 1. The van der Waals surface area contributed by atoms with Gasteiger partial charge in [0.15, 0.2) is 0 Å². The number of fused-ring (bicyclic) bond motifs is 1. The van der Waals surface area contributed by atoms with Crippen molar-refractivity contribution in [3.63, 3.8) is 0 Å². The highest BCUT2D eigenvalue weighted by Gasteiger charge is 2.25. The summed E-state index contributed by atoms with van der Waals surface area (Å²) in [4.78, 5) is 24.2. The van der Waals surface area contributed by atoms with E-state index in [1.54, 1.807) is 43.5 Å². The maximum atomic E-state index is 13.1. The van der Waals surface area contributed by atoms with E-state index < -0.39 is 21.9 Å². The first-order valence-corrected chi connectivity index (χ1v) is 11.0. The lowest BCUT2D eigenvalue weighted by Gasteiger charge is -2.15. The van der Waals surface area contributed by atoms with Crippen molar-refractivity contribution in [2.45, 2.75) is 11.3 Å². The number of sulfonamides is 1. The Balaban J connectivity index is 1.96. The van der Waals surface area contributed by atoms with Gasteiger partial charge in [0.05, 0.1) is 16.8 Å². The van der Waals surface area contributed by atoms with Crippen molar-refractivity contribution in [1.82, 2.24) is 5.32 Å². The first-order chi connectivity index (χ1) is 14.8. The Morgan fingerprint density at radius 3 is 2.45 bits per heavy atom. The lowest BCUT2D eigenvalue weighted by atomic mass is 10.0. The summed E-state index contributed by atoms with van der Waals surface area (Å²) in [6.07, 6.45) is 0.578. The highest BCUT2D eigenvalue weighted by atomic mass is 32.2. The number of aromatic carboxylic acids is 1. The van der Waals surface area contributed by atoms with Gasteiger partial charge in [0.2, 0.25) is 0 Å². The Bertz CT molecular complexity index is 1220. The second kappa shape index (κ2) is 9.59. The number of anilines is 1. The van der Waals surface area contributed by atoms with Crippen molar-refractivity contribution in [2.75, 3.05) is 25.0 Å². The summed E-state index contributed by atoms with van der Waals surface area (Å²) in [5.74, 6) is -1.81. The molecule has 3 aromatic rings. The molecule has 0 heterocycles. The molecular formula is C22H22N2O6S. The van der Waals surface area contributed by atoms with Crippen LogP contribution in [0.2, 0.25) is 0 Å². The summed E-state index contributed by atoms with van der Waals surface area (Å²) in [5.41, 5.74) is -0.283. The van der Waals surface area contributed by atoms with Crippen molar-refractivity contribution >= 4 is 38.4 Å². The number of carbonyl (C=O) groups is 2. The van der Waals surface area contributed by atoms with E-state index in [1.807, 2.05) is 0 Å². The summed E-state index contributed by atoms with van der Waals surface area (Å²) in [6.45, 7) is 0.782. The number of rotatable bonds is 9.